The van der Waals surface area contributed by atoms with Gasteiger partial charge in [0, 0.05) is 18.7 Å². The fourth-order valence-electron chi connectivity index (χ4n) is 2.94. The number of hydrogen-bond acceptors (Lipinski definition) is 3. The Morgan fingerprint density at radius 1 is 1.37 bits per heavy atom. The number of nitrogens with two attached hydrogens (primary N) is 1. The van der Waals surface area contributed by atoms with E-state index < -0.39 is 11.5 Å². The lowest BCUT2D eigenvalue weighted by Gasteiger charge is -2.28. The molecule has 0 aliphatic heterocycles. The lowest BCUT2D eigenvalue weighted by atomic mass is 10.0. The van der Waals surface area contributed by atoms with Gasteiger partial charge in [0.15, 0.2) is 0 Å². The Balaban J connectivity index is 2.02. The molecule has 0 aromatic heterocycles. The molecule has 4 heteroatoms. The van der Waals surface area contributed by atoms with Gasteiger partial charge in [-0.2, -0.15) is 0 Å². The maximum Gasteiger partial charge on any atom is 0.249 e. The van der Waals surface area contributed by atoms with E-state index in [1.54, 1.807) is 6.07 Å². The maximum absolute atomic E-state index is 11.4. The zero-order chi connectivity index (χ0) is 13.9. The van der Waals surface area contributed by atoms with Gasteiger partial charge in [0.25, 0.3) is 0 Å². The van der Waals surface area contributed by atoms with E-state index >= 15 is 0 Å². The van der Waals surface area contributed by atoms with Crippen molar-refractivity contribution in [3.05, 3.63) is 35.4 Å². The predicted octanol–water partition coefficient (Wildman–Crippen LogP) is 1.52. The van der Waals surface area contributed by atoms with Gasteiger partial charge >= 0.3 is 0 Å². The van der Waals surface area contributed by atoms with Crippen LogP contribution in [0.15, 0.2) is 24.3 Å². The van der Waals surface area contributed by atoms with E-state index in [0.717, 1.165) is 31.2 Å². The molecular formula is C15H22N2O2. The monoisotopic (exact) mass is 262 g/mol. The first kappa shape index (κ1) is 14.0. The van der Waals surface area contributed by atoms with Crippen LogP contribution >= 0.6 is 0 Å². The van der Waals surface area contributed by atoms with Crippen molar-refractivity contribution in [1.29, 1.82) is 0 Å². The lowest BCUT2D eigenvalue weighted by Crippen LogP contribution is -2.39. The molecule has 0 heterocycles. The van der Waals surface area contributed by atoms with Crippen LogP contribution in [0.5, 0.6) is 0 Å². The Labute approximate surface area is 114 Å². The molecule has 3 N–H and O–H groups in total. The van der Waals surface area contributed by atoms with Crippen LogP contribution in [0.4, 0.5) is 0 Å². The number of hydrogen-bond donors (Lipinski definition) is 2. The summed E-state index contributed by atoms with van der Waals surface area (Å²) in [6.45, 7) is 1.27. The molecular weight excluding hydrogens is 240 g/mol. The van der Waals surface area contributed by atoms with Gasteiger partial charge in [-0.25, -0.2) is 0 Å². The molecule has 0 unspecified atom stereocenters. The van der Waals surface area contributed by atoms with Crippen molar-refractivity contribution in [2.45, 2.75) is 37.8 Å². The SMILES string of the molecule is CN(Cc1ccccc1C(N)=O)CC1(O)CCCC1. The van der Waals surface area contributed by atoms with Crippen molar-refractivity contribution in [3.8, 4) is 0 Å². The molecule has 1 aromatic rings. The minimum Gasteiger partial charge on any atom is -0.389 e. The van der Waals surface area contributed by atoms with Crippen molar-refractivity contribution in [2.24, 2.45) is 5.73 Å². The van der Waals surface area contributed by atoms with Crippen LogP contribution in [-0.2, 0) is 6.54 Å². The Bertz CT molecular complexity index is 453. The van der Waals surface area contributed by atoms with Gasteiger partial charge in [0.05, 0.1) is 5.60 Å². The molecule has 1 saturated carbocycles. The average molecular weight is 262 g/mol. The number of carbonyl (C=O) groups is 1. The quantitative estimate of drug-likeness (QED) is 0.845. The van der Waals surface area contributed by atoms with Crippen LogP contribution in [0.25, 0.3) is 0 Å². The molecule has 0 saturated heterocycles. The maximum atomic E-state index is 11.4. The van der Waals surface area contributed by atoms with E-state index in [1.165, 1.54) is 0 Å². The second-order valence-corrected chi connectivity index (χ2v) is 5.63. The number of likely N-dealkylation sites (N-methyl/N-ethyl adjacent to an activating group) is 1. The van der Waals surface area contributed by atoms with Crippen molar-refractivity contribution >= 4 is 5.91 Å². The number of primary amides is 1. The molecule has 0 bridgehead atoms. The van der Waals surface area contributed by atoms with Crippen molar-refractivity contribution in [3.63, 3.8) is 0 Å². The van der Waals surface area contributed by atoms with Gasteiger partial charge in [-0.05, 0) is 31.5 Å². The first-order chi connectivity index (χ1) is 9.00. The first-order valence-electron chi connectivity index (χ1n) is 6.79. The van der Waals surface area contributed by atoms with E-state index in [1.807, 2.05) is 25.2 Å². The van der Waals surface area contributed by atoms with Gasteiger partial charge in [0.2, 0.25) is 5.91 Å². The van der Waals surface area contributed by atoms with Gasteiger partial charge in [0.1, 0.15) is 0 Å². The van der Waals surface area contributed by atoms with E-state index in [0.29, 0.717) is 18.7 Å². The second-order valence-electron chi connectivity index (χ2n) is 5.63. The number of carbonyl (C=O) groups excluding carboxylic acids is 1. The summed E-state index contributed by atoms with van der Waals surface area (Å²) >= 11 is 0. The summed E-state index contributed by atoms with van der Waals surface area (Å²) in [5.74, 6) is -0.399. The minimum absolute atomic E-state index is 0.399. The molecule has 0 radical (unpaired) electrons. The molecule has 1 aromatic carbocycles. The molecule has 0 atom stereocenters. The summed E-state index contributed by atoms with van der Waals surface area (Å²) in [7, 11) is 1.97. The third-order valence-electron chi connectivity index (χ3n) is 3.82. The Kier molecular flexibility index (Phi) is 4.22. The highest BCUT2D eigenvalue weighted by Crippen LogP contribution is 2.30. The van der Waals surface area contributed by atoms with Gasteiger partial charge in [-0.1, -0.05) is 31.0 Å². The number of amides is 1. The van der Waals surface area contributed by atoms with Crippen molar-refractivity contribution in [2.75, 3.05) is 13.6 Å². The number of nitrogens with zero attached hydrogens (tertiary/aromatic N) is 1. The minimum atomic E-state index is -0.559. The topological polar surface area (TPSA) is 66.6 Å². The van der Waals surface area contributed by atoms with E-state index in [9.17, 15) is 9.90 Å². The summed E-state index contributed by atoms with van der Waals surface area (Å²) in [6.07, 6.45) is 3.94. The molecule has 19 heavy (non-hydrogen) atoms. The number of aliphatic hydroxyl groups is 1. The Hall–Kier alpha value is -1.39. The largest absolute Gasteiger partial charge is 0.389 e. The highest BCUT2D eigenvalue weighted by atomic mass is 16.3. The number of benzene rings is 1. The highest BCUT2D eigenvalue weighted by Gasteiger charge is 2.32. The van der Waals surface area contributed by atoms with Crippen molar-refractivity contribution in [1.82, 2.24) is 4.90 Å². The van der Waals surface area contributed by atoms with Crippen LogP contribution in [0.3, 0.4) is 0 Å². The standard InChI is InChI=1S/C15H22N2O2/c1-17(11-15(19)8-4-5-9-15)10-12-6-2-3-7-13(12)14(16)18/h2-3,6-7,19H,4-5,8-11H2,1H3,(H2,16,18). The van der Waals surface area contributed by atoms with Crippen LogP contribution < -0.4 is 5.73 Å². The van der Waals surface area contributed by atoms with Gasteiger partial charge in [-0.15, -0.1) is 0 Å². The van der Waals surface area contributed by atoms with Crippen molar-refractivity contribution < 1.29 is 9.90 Å². The molecule has 104 valence electrons. The normalized spacial score (nSPS) is 17.8. The number of rotatable bonds is 5. The first-order valence-corrected chi connectivity index (χ1v) is 6.79. The molecule has 0 spiro atoms. The summed E-state index contributed by atoms with van der Waals surface area (Å²) in [4.78, 5) is 13.4. The summed E-state index contributed by atoms with van der Waals surface area (Å²) in [5.41, 5.74) is 6.29. The van der Waals surface area contributed by atoms with E-state index in [-0.39, 0.29) is 0 Å². The predicted molar refractivity (Wildman–Crippen MR) is 74.7 cm³/mol. The fraction of sp³-hybridized carbons (Fsp3) is 0.533. The fourth-order valence-corrected chi connectivity index (χ4v) is 2.94. The summed E-state index contributed by atoms with van der Waals surface area (Å²) in [6, 6.07) is 7.37. The third-order valence-corrected chi connectivity index (χ3v) is 3.82. The van der Waals surface area contributed by atoms with E-state index in [2.05, 4.69) is 4.90 Å². The van der Waals surface area contributed by atoms with Crippen LogP contribution in [0, 0.1) is 0 Å². The summed E-state index contributed by atoms with van der Waals surface area (Å²) < 4.78 is 0. The molecule has 2 rings (SSSR count). The van der Waals surface area contributed by atoms with Gasteiger partial charge in [-0.3, -0.25) is 9.69 Å². The highest BCUT2D eigenvalue weighted by molar-refractivity contribution is 5.94. The van der Waals surface area contributed by atoms with Crippen LogP contribution in [0.2, 0.25) is 0 Å². The molecule has 1 amide bonds. The molecule has 4 nitrogen and oxygen atoms in total. The third kappa shape index (κ3) is 3.55. The van der Waals surface area contributed by atoms with E-state index in [4.69, 9.17) is 5.73 Å². The molecule has 1 aliphatic rings. The Morgan fingerprint density at radius 3 is 2.63 bits per heavy atom. The molecule has 1 aliphatic carbocycles. The van der Waals surface area contributed by atoms with Gasteiger partial charge < -0.3 is 10.8 Å². The van der Waals surface area contributed by atoms with Crippen LogP contribution in [0.1, 0.15) is 41.6 Å². The lowest BCUT2D eigenvalue weighted by molar-refractivity contribution is 0.0145. The molecule has 1 fully saturated rings. The Morgan fingerprint density at radius 2 is 2.00 bits per heavy atom. The van der Waals surface area contributed by atoms with Crippen LogP contribution in [-0.4, -0.2) is 35.1 Å². The second kappa shape index (κ2) is 5.72. The zero-order valence-electron chi connectivity index (χ0n) is 11.4. The zero-order valence-corrected chi connectivity index (χ0v) is 11.4. The smallest absolute Gasteiger partial charge is 0.249 e. The average Bonchev–Trinajstić information content (AvgIpc) is 2.75. The summed E-state index contributed by atoms with van der Waals surface area (Å²) in [5, 5.41) is 10.4.